The van der Waals surface area contributed by atoms with Gasteiger partial charge in [-0.05, 0) is 30.5 Å². The molecule has 0 saturated heterocycles. The fourth-order valence-corrected chi connectivity index (χ4v) is 1.92. The zero-order valence-corrected chi connectivity index (χ0v) is 9.89. The van der Waals surface area contributed by atoms with Gasteiger partial charge in [-0.25, -0.2) is 0 Å². The third-order valence-electron chi connectivity index (χ3n) is 2.87. The van der Waals surface area contributed by atoms with Crippen molar-refractivity contribution in [1.82, 2.24) is 10.1 Å². The lowest BCUT2D eigenvalue weighted by atomic mass is 10.1. The largest absolute Gasteiger partial charge is 0.339 e. The van der Waals surface area contributed by atoms with Gasteiger partial charge in [0.15, 0.2) is 5.82 Å². The van der Waals surface area contributed by atoms with Crippen molar-refractivity contribution in [1.29, 1.82) is 0 Å². The van der Waals surface area contributed by atoms with Crippen LogP contribution in [0.3, 0.4) is 0 Å². The molecule has 2 aromatic rings. The maximum atomic E-state index is 6.08. The van der Waals surface area contributed by atoms with Crippen LogP contribution in [0.1, 0.15) is 42.1 Å². The van der Waals surface area contributed by atoms with Gasteiger partial charge in [0.25, 0.3) is 0 Å². The number of nitrogens with two attached hydrogens (primary N) is 1. The summed E-state index contributed by atoms with van der Waals surface area (Å²) in [5, 5.41) is 4.59. The summed E-state index contributed by atoms with van der Waals surface area (Å²) in [6.07, 6.45) is 2.27. The highest BCUT2D eigenvalue weighted by atomic mass is 35.5. The van der Waals surface area contributed by atoms with E-state index in [1.807, 2.05) is 24.3 Å². The molecule has 0 aliphatic heterocycles. The van der Waals surface area contributed by atoms with Crippen LogP contribution < -0.4 is 5.73 Å². The SMILES string of the molecule is NC(c1cccc(Cl)c1)c1noc(C2CC2)n1. The van der Waals surface area contributed by atoms with Gasteiger partial charge in [-0.3, -0.25) is 0 Å². The fourth-order valence-electron chi connectivity index (χ4n) is 1.72. The summed E-state index contributed by atoms with van der Waals surface area (Å²) >= 11 is 5.92. The first-order valence-electron chi connectivity index (χ1n) is 5.58. The molecule has 2 N–H and O–H groups in total. The van der Waals surface area contributed by atoms with Crippen molar-refractivity contribution in [3.05, 3.63) is 46.6 Å². The Balaban J connectivity index is 1.86. The third-order valence-corrected chi connectivity index (χ3v) is 3.11. The number of hydrogen-bond acceptors (Lipinski definition) is 4. The quantitative estimate of drug-likeness (QED) is 0.908. The van der Waals surface area contributed by atoms with Crippen molar-refractivity contribution in [2.24, 2.45) is 5.73 Å². The lowest BCUT2D eigenvalue weighted by Gasteiger charge is -2.07. The van der Waals surface area contributed by atoms with E-state index in [9.17, 15) is 0 Å². The Hall–Kier alpha value is -1.39. The molecule has 1 aliphatic carbocycles. The highest BCUT2D eigenvalue weighted by molar-refractivity contribution is 6.30. The Labute approximate surface area is 104 Å². The molecule has 0 amide bonds. The van der Waals surface area contributed by atoms with E-state index in [4.69, 9.17) is 21.9 Å². The number of hydrogen-bond donors (Lipinski definition) is 1. The van der Waals surface area contributed by atoms with E-state index >= 15 is 0 Å². The molecule has 1 fully saturated rings. The first-order chi connectivity index (χ1) is 8.24. The minimum Gasteiger partial charge on any atom is -0.339 e. The molecule has 0 bridgehead atoms. The van der Waals surface area contributed by atoms with E-state index in [-0.39, 0.29) is 6.04 Å². The average molecular weight is 250 g/mol. The molecular weight excluding hydrogens is 238 g/mol. The molecule has 1 unspecified atom stereocenters. The second kappa shape index (κ2) is 4.13. The van der Waals surface area contributed by atoms with E-state index < -0.39 is 0 Å². The molecule has 1 aromatic heterocycles. The number of benzene rings is 1. The van der Waals surface area contributed by atoms with Gasteiger partial charge in [0.2, 0.25) is 5.89 Å². The van der Waals surface area contributed by atoms with E-state index in [2.05, 4.69) is 10.1 Å². The van der Waals surface area contributed by atoms with Crippen molar-refractivity contribution < 1.29 is 4.52 Å². The Morgan fingerprint density at radius 3 is 2.94 bits per heavy atom. The molecule has 17 heavy (non-hydrogen) atoms. The second-order valence-corrected chi connectivity index (χ2v) is 4.73. The van der Waals surface area contributed by atoms with Gasteiger partial charge in [0.05, 0.1) is 6.04 Å². The maximum Gasteiger partial charge on any atom is 0.229 e. The molecule has 5 heteroatoms. The van der Waals surface area contributed by atoms with Crippen LogP contribution in [-0.2, 0) is 0 Å². The summed E-state index contributed by atoms with van der Waals surface area (Å²) in [5.41, 5.74) is 6.96. The molecule has 1 saturated carbocycles. The standard InChI is InChI=1S/C12H12ClN3O/c13-9-3-1-2-8(6-9)10(14)11-15-12(17-16-11)7-4-5-7/h1-3,6-7,10H,4-5,14H2. The highest BCUT2D eigenvalue weighted by Crippen LogP contribution is 2.39. The van der Waals surface area contributed by atoms with Crippen LogP contribution in [0.15, 0.2) is 28.8 Å². The molecule has 0 spiro atoms. The predicted molar refractivity (Wildman–Crippen MR) is 63.8 cm³/mol. The fraction of sp³-hybridized carbons (Fsp3) is 0.333. The molecule has 1 aliphatic rings. The normalized spacial score (nSPS) is 17.1. The van der Waals surface area contributed by atoms with Crippen molar-refractivity contribution in [3.8, 4) is 0 Å². The zero-order valence-electron chi connectivity index (χ0n) is 9.14. The van der Waals surface area contributed by atoms with Crippen LogP contribution in [0.4, 0.5) is 0 Å². The van der Waals surface area contributed by atoms with Crippen molar-refractivity contribution in [2.75, 3.05) is 0 Å². The number of nitrogens with zero attached hydrogens (tertiary/aromatic N) is 2. The highest BCUT2D eigenvalue weighted by Gasteiger charge is 2.30. The van der Waals surface area contributed by atoms with Crippen LogP contribution in [0.5, 0.6) is 0 Å². The van der Waals surface area contributed by atoms with Crippen LogP contribution in [0, 0.1) is 0 Å². The van der Waals surface area contributed by atoms with Gasteiger partial charge in [0.1, 0.15) is 0 Å². The Morgan fingerprint density at radius 2 is 2.24 bits per heavy atom. The molecule has 1 atom stereocenters. The van der Waals surface area contributed by atoms with Gasteiger partial charge >= 0.3 is 0 Å². The molecule has 4 nitrogen and oxygen atoms in total. The summed E-state index contributed by atoms with van der Waals surface area (Å²) < 4.78 is 5.19. The van der Waals surface area contributed by atoms with Crippen molar-refractivity contribution in [2.45, 2.75) is 24.8 Å². The van der Waals surface area contributed by atoms with Crippen LogP contribution >= 0.6 is 11.6 Å². The van der Waals surface area contributed by atoms with E-state index in [1.54, 1.807) is 0 Å². The predicted octanol–water partition coefficient (Wildman–Crippen LogP) is 2.65. The Kier molecular flexibility index (Phi) is 2.61. The Bertz CT molecular complexity index is 536. The molecule has 3 rings (SSSR count). The topological polar surface area (TPSA) is 64.9 Å². The molecule has 88 valence electrons. The van der Waals surface area contributed by atoms with Crippen molar-refractivity contribution >= 4 is 11.6 Å². The number of aromatic nitrogens is 2. The molecule has 1 aromatic carbocycles. The van der Waals surface area contributed by atoms with Gasteiger partial charge in [-0.2, -0.15) is 4.98 Å². The van der Waals surface area contributed by atoms with Crippen molar-refractivity contribution in [3.63, 3.8) is 0 Å². The first-order valence-corrected chi connectivity index (χ1v) is 5.96. The van der Waals surface area contributed by atoms with Gasteiger partial charge in [-0.1, -0.05) is 28.9 Å². The van der Waals surface area contributed by atoms with Gasteiger partial charge in [-0.15, -0.1) is 0 Å². The smallest absolute Gasteiger partial charge is 0.229 e. The minimum absolute atomic E-state index is 0.384. The second-order valence-electron chi connectivity index (χ2n) is 4.30. The third kappa shape index (κ3) is 2.18. The average Bonchev–Trinajstić information content (AvgIpc) is 3.07. The maximum absolute atomic E-state index is 6.08. The monoisotopic (exact) mass is 249 g/mol. The molecule has 0 radical (unpaired) electrons. The summed E-state index contributed by atoms with van der Waals surface area (Å²) in [6.45, 7) is 0. The molecular formula is C12H12ClN3O. The minimum atomic E-state index is -0.384. The lowest BCUT2D eigenvalue weighted by molar-refractivity contribution is 0.372. The summed E-state index contributed by atoms with van der Waals surface area (Å²) in [4.78, 5) is 4.33. The molecule has 1 heterocycles. The van der Waals surface area contributed by atoms with Crippen LogP contribution in [0.25, 0.3) is 0 Å². The summed E-state index contributed by atoms with van der Waals surface area (Å²) in [6, 6.07) is 7.01. The van der Waals surface area contributed by atoms with Crippen LogP contribution in [-0.4, -0.2) is 10.1 Å². The lowest BCUT2D eigenvalue weighted by Crippen LogP contribution is -2.13. The number of rotatable bonds is 3. The van der Waals surface area contributed by atoms with E-state index in [0.717, 1.165) is 18.4 Å². The summed E-state index contributed by atoms with van der Waals surface area (Å²) in [7, 11) is 0. The van der Waals surface area contributed by atoms with Gasteiger partial charge < -0.3 is 10.3 Å². The van der Waals surface area contributed by atoms with Gasteiger partial charge in [0, 0.05) is 10.9 Å². The van der Waals surface area contributed by atoms with E-state index in [1.165, 1.54) is 0 Å². The van der Waals surface area contributed by atoms with Crippen LogP contribution in [0.2, 0.25) is 5.02 Å². The Morgan fingerprint density at radius 1 is 1.41 bits per heavy atom. The first kappa shape index (κ1) is 10.7. The van der Waals surface area contributed by atoms with E-state index in [0.29, 0.717) is 22.7 Å². The zero-order chi connectivity index (χ0) is 11.8. The number of halogens is 1. The summed E-state index contributed by atoms with van der Waals surface area (Å²) in [5.74, 6) is 1.68.